The van der Waals surface area contributed by atoms with Gasteiger partial charge >= 0.3 is 0 Å². The molecular formula is C26H34N6O2. The number of benzene rings is 1. The second-order valence-corrected chi connectivity index (χ2v) is 9.58. The van der Waals surface area contributed by atoms with Gasteiger partial charge < -0.3 is 24.6 Å². The van der Waals surface area contributed by atoms with Gasteiger partial charge in [0.25, 0.3) is 0 Å². The third-order valence-electron chi connectivity index (χ3n) is 6.37. The number of morpholine rings is 2. The van der Waals surface area contributed by atoms with Crippen LogP contribution in [0.1, 0.15) is 39.2 Å². The molecule has 8 nitrogen and oxygen atoms in total. The maximum Gasteiger partial charge on any atom is 0.229 e. The number of fused-ring (bicyclic) bond motifs is 1. The molecule has 2 aliphatic rings. The van der Waals surface area contributed by atoms with Crippen molar-refractivity contribution in [2.24, 2.45) is 0 Å². The van der Waals surface area contributed by atoms with E-state index in [9.17, 15) is 0 Å². The van der Waals surface area contributed by atoms with Crippen LogP contribution in [0.3, 0.4) is 0 Å². The summed E-state index contributed by atoms with van der Waals surface area (Å²) in [4.78, 5) is 19.4. The summed E-state index contributed by atoms with van der Waals surface area (Å²) in [6.07, 6.45) is 0.258. The Morgan fingerprint density at radius 3 is 2.44 bits per heavy atom. The fraction of sp³-hybridized carbons (Fsp3) is 0.500. The number of ether oxygens (including phenoxy) is 2. The van der Waals surface area contributed by atoms with Crippen molar-refractivity contribution in [1.82, 2.24) is 15.0 Å². The minimum absolute atomic E-state index is 0.129. The van der Waals surface area contributed by atoms with Crippen LogP contribution in [0, 0.1) is 0 Å². The summed E-state index contributed by atoms with van der Waals surface area (Å²) in [6.45, 7) is 13.1. The average molecular weight is 463 g/mol. The summed E-state index contributed by atoms with van der Waals surface area (Å²) in [5.74, 6) is 2.88. The van der Waals surface area contributed by atoms with Crippen LogP contribution in [0.4, 0.5) is 23.3 Å². The van der Waals surface area contributed by atoms with Gasteiger partial charge in [-0.2, -0.15) is 9.97 Å². The Bertz CT molecular complexity index is 1140. The summed E-state index contributed by atoms with van der Waals surface area (Å²) in [7, 11) is 0. The van der Waals surface area contributed by atoms with Crippen molar-refractivity contribution in [3.05, 3.63) is 42.0 Å². The number of rotatable bonds is 5. The smallest absolute Gasteiger partial charge is 0.229 e. The molecule has 2 atom stereocenters. The fourth-order valence-electron chi connectivity index (χ4n) is 4.67. The van der Waals surface area contributed by atoms with Gasteiger partial charge in [-0.15, -0.1) is 0 Å². The lowest BCUT2D eigenvalue weighted by Gasteiger charge is -2.36. The van der Waals surface area contributed by atoms with E-state index in [0.717, 1.165) is 48.9 Å². The van der Waals surface area contributed by atoms with Crippen LogP contribution >= 0.6 is 0 Å². The standard InChI is InChI=1S/C26H34N6O2/c1-17(2)20-6-5-7-21(14-20)27-23-9-8-22-24(28-23)29-26(32-15-18(3)34-19(4)16-32)30-25(22)31-10-12-33-13-11-31/h5-9,14,17-19H,10-13,15-16H2,1-4H3,(H,27,28,29,30). The number of hydrogen-bond donors (Lipinski definition) is 1. The third kappa shape index (κ3) is 4.93. The molecule has 0 saturated carbocycles. The van der Waals surface area contributed by atoms with Gasteiger partial charge in [0.05, 0.1) is 30.8 Å². The van der Waals surface area contributed by atoms with Crippen molar-refractivity contribution in [1.29, 1.82) is 0 Å². The molecule has 5 rings (SSSR count). The Hall–Kier alpha value is -2.97. The quantitative estimate of drug-likeness (QED) is 0.600. The molecule has 180 valence electrons. The molecule has 1 N–H and O–H groups in total. The van der Waals surface area contributed by atoms with Gasteiger partial charge in [-0.1, -0.05) is 26.0 Å². The number of anilines is 4. The van der Waals surface area contributed by atoms with Gasteiger partial charge in [0.2, 0.25) is 5.95 Å². The Morgan fingerprint density at radius 1 is 0.941 bits per heavy atom. The first-order chi connectivity index (χ1) is 16.5. The summed E-state index contributed by atoms with van der Waals surface area (Å²) in [5.41, 5.74) is 3.01. The van der Waals surface area contributed by atoms with Crippen molar-refractivity contribution in [2.75, 3.05) is 54.5 Å². The highest BCUT2D eigenvalue weighted by atomic mass is 16.5. The average Bonchev–Trinajstić information content (AvgIpc) is 2.83. The van der Waals surface area contributed by atoms with Crippen molar-refractivity contribution in [2.45, 2.75) is 45.8 Å². The molecule has 2 saturated heterocycles. The molecule has 0 radical (unpaired) electrons. The highest BCUT2D eigenvalue weighted by molar-refractivity contribution is 5.89. The van der Waals surface area contributed by atoms with E-state index < -0.39 is 0 Å². The molecule has 3 aromatic rings. The molecule has 0 spiro atoms. The van der Waals surface area contributed by atoms with Crippen LogP contribution < -0.4 is 15.1 Å². The molecule has 2 aliphatic heterocycles. The minimum Gasteiger partial charge on any atom is -0.378 e. The molecule has 2 fully saturated rings. The molecule has 2 unspecified atom stereocenters. The van der Waals surface area contributed by atoms with Crippen LogP contribution in [-0.2, 0) is 9.47 Å². The molecule has 34 heavy (non-hydrogen) atoms. The molecule has 8 heteroatoms. The van der Waals surface area contributed by atoms with Gasteiger partial charge in [-0.05, 0) is 49.6 Å². The van der Waals surface area contributed by atoms with Crippen molar-refractivity contribution < 1.29 is 9.47 Å². The van der Waals surface area contributed by atoms with Gasteiger partial charge in [0.15, 0.2) is 5.65 Å². The molecule has 2 aromatic heterocycles. The van der Waals surface area contributed by atoms with E-state index in [1.165, 1.54) is 5.56 Å². The number of hydrogen-bond acceptors (Lipinski definition) is 8. The van der Waals surface area contributed by atoms with E-state index in [-0.39, 0.29) is 12.2 Å². The monoisotopic (exact) mass is 462 g/mol. The highest BCUT2D eigenvalue weighted by Gasteiger charge is 2.26. The first kappa shape index (κ1) is 22.8. The third-order valence-corrected chi connectivity index (χ3v) is 6.37. The van der Waals surface area contributed by atoms with Crippen LogP contribution in [0.5, 0.6) is 0 Å². The zero-order valence-corrected chi connectivity index (χ0v) is 20.5. The van der Waals surface area contributed by atoms with E-state index in [4.69, 9.17) is 24.4 Å². The summed E-state index contributed by atoms with van der Waals surface area (Å²) >= 11 is 0. The predicted molar refractivity (Wildman–Crippen MR) is 136 cm³/mol. The van der Waals surface area contributed by atoms with E-state index in [2.05, 4.69) is 73.1 Å². The molecule has 0 amide bonds. The lowest BCUT2D eigenvalue weighted by Crippen LogP contribution is -2.46. The Labute approximate surface area is 201 Å². The first-order valence-corrected chi connectivity index (χ1v) is 12.2. The Kier molecular flexibility index (Phi) is 6.52. The van der Waals surface area contributed by atoms with Gasteiger partial charge in [0, 0.05) is 31.9 Å². The van der Waals surface area contributed by atoms with E-state index in [0.29, 0.717) is 30.7 Å². The normalized spacial score (nSPS) is 21.3. The number of nitrogens with zero attached hydrogens (tertiary/aromatic N) is 5. The maximum atomic E-state index is 5.93. The zero-order valence-electron chi connectivity index (χ0n) is 20.5. The first-order valence-electron chi connectivity index (χ1n) is 12.2. The van der Waals surface area contributed by atoms with Crippen LogP contribution in [0.2, 0.25) is 0 Å². The number of aromatic nitrogens is 3. The Balaban J connectivity index is 1.53. The van der Waals surface area contributed by atoms with Crippen LogP contribution in [-0.4, -0.2) is 66.6 Å². The second kappa shape index (κ2) is 9.72. The molecule has 1 aromatic carbocycles. The largest absolute Gasteiger partial charge is 0.378 e. The number of pyridine rings is 1. The zero-order chi connectivity index (χ0) is 23.7. The van der Waals surface area contributed by atoms with Crippen LogP contribution in [0.25, 0.3) is 11.0 Å². The SMILES string of the molecule is CC1CN(c2nc(N3CCOCC3)c3ccc(Nc4cccc(C(C)C)c4)nc3n2)CC(C)O1. The molecule has 0 aliphatic carbocycles. The highest BCUT2D eigenvalue weighted by Crippen LogP contribution is 2.30. The summed E-state index contributed by atoms with van der Waals surface area (Å²) < 4.78 is 11.5. The van der Waals surface area contributed by atoms with E-state index in [1.807, 2.05) is 6.07 Å². The van der Waals surface area contributed by atoms with Gasteiger partial charge in [-0.3, -0.25) is 0 Å². The maximum absolute atomic E-state index is 5.93. The van der Waals surface area contributed by atoms with E-state index >= 15 is 0 Å². The van der Waals surface area contributed by atoms with E-state index in [1.54, 1.807) is 0 Å². The number of nitrogens with one attached hydrogen (secondary N) is 1. The fourth-order valence-corrected chi connectivity index (χ4v) is 4.67. The second-order valence-electron chi connectivity index (χ2n) is 9.58. The molecular weight excluding hydrogens is 428 g/mol. The summed E-state index contributed by atoms with van der Waals surface area (Å²) in [5, 5.41) is 4.42. The Morgan fingerprint density at radius 2 is 1.71 bits per heavy atom. The molecule has 0 bridgehead atoms. The predicted octanol–water partition coefficient (Wildman–Crippen LogP) is 4.34. The topological polar surface area (TPSA) is 75.6 Å². The van der Waals surface area contributed by atoms with Gasteiger partial charge in [-0.25, -0.2) is 4.98 Å². The van der Waals surface area contributed by atoms with Gasteiger partial charge in [0.1, 0.15) is 11.6 Å². The van der Waals surface area contributed by atoms with Crippen molar-refractivity contribution in [3.8, 4) is 0 Å². The van der Waals surface area contributed by atoms with Crippen LogP contribution in [0.15, 0.2) is 36.4 Å². The molecule has 4 heterocycles. The minimum atomic E-state index is 0.129. The van der Waals surface area contributed by atoms with Crippen molar-refractivity contribution in [3.63, 3.8) is 0 Å². The lowest BCUT2D eigenvalue weighted by molar-refractivity contribution is -0.00570. The van der Waals surface area contributed by atoms with Crippen molar-refractivity contribution >= 4 is 34.3 Å². The lowest BCUT2D eigenvalue weighted by atomic mass is 10.0. The summed E-state index contributed by atoms with van der Waals surface area (Å²) in [6, 6.07) is 12.6.